The molecule has 0 aliphatic heterocycles. The molecular weight excluding hydrogens is 214 g/mol. The van der Waals surface area contributed by atoms with Crippen LogP contribution in [0.1, 0.15) is 50.6 Å². The first-order chi connectivity index (χ1) is 8.33. The van der Waals surface area contributed by atoms with Crippen molar-refractivity contribution in [3.8, 4) is 0 Å². The van der Waals surface area contributed by atoms with Crippen molar-refractivity contribution >= 4 is 5.97 Å². The molecule has 1 aromatic rings. The third kappa shape index (κ3) is 6.82. The quantitative estimate of drug-likeness (QED) is 0.528. The number of carbonyl (C=O) groups excluding carboxylic acids is 1. The first-order valence-electron chi connectivity index (χ1n) is 6.52. The summed E-state index contributed by atoms with van der Waals surface area (Å²) in [6, 6.07) is 4.18. The van der Waals surface area contributed by atoms with Gasteiger partial charge in [-0.05, 0) is 31.4 Å². The summed E-state index contributed by atoms with van der Waals surface area (Å²) in [5.74, 6) is -0.0863. The number of ether oxygens (including phenoxy) is 1. The summed E-state index contributed by atoms with van der Waals surface area (Å²) in [7, 11) is 1.45. The van der Waals surface area contributed by atoms with Crippen LogP contribution in [0.25, 0.3) is 0 Å². The Hall–Kier alpha value is -1.25. The minimum absolute atomic E-state index is 0.0863. The monoisotopic (exact) mass is 237 g/mol. The molecule has 0 atom stereocenters. The molecule has 1 rings (SSSR count). The zero-order valence-electron chi connectivity index (χ0n) is 10.7. The van der Waals surface area contributed by atoms with E-state index < -0.39 is 0 Å². The van der Waals surface area contributed by atoms with Crippen LogP contribution in [0.4, 0.5) is 0 Å². The first-order valence-corrected chi connectivity index (χ1v) is 6.52. The van der Waals surface area contributed by atoms with E-state index >= 15 is 0 Å². The molecule has 0 saturated carbocycles. The number of unbranched alkanes of at least 4 members (excludes halogenated alkanes) is 5. The SMILES string of the molecule is COC(=O)CCCCCCCCc1ccc[nH]1. The maximum Gasteiger partial charge on any atom is 0.305 e. The van der Waals surface area contributed by atoms with E-state index in [2.05, 4.69) is 15.8 Å². The van der Waals surface area contributed by atoms with Crippen molar-refractivity contribution in [1.29, 1.82) is 0 Å². The fourth-order valence-corrected chi connectivity index (χ4v) is 1.92. The molecule has 0 fully saturated rings. The van der Waals surface area contributed by atoms with Crippen molar-refractivity contribution in [2.75, 3.05) is 7.11 Å². The van der Waals surface area contributed by atoms with Crippen molar-refractivity contribution in [2.24, 2.45) is 0 Å². The highest BCUT2D eigenvalue weighted by Gasteiger charge is 1.99. The molecule has 1 heterocycles. The van der Waals surface area contributed by atoms with Gasteiger partial charge in [0.25, 0.3) is 0 Å². The third-order valence-electron chi connectivity index (χ3n) is 2.97. The standard InChI is InChI=1S/C14H23NO2/c1-17-14(16)11-7-5-3-2-4-6-9-13-10-8-12-15-13/h8,10,12,15H,2-7,9,11H2,1H3. The zero-order chi connectivity index (χ0) is 12.3. The molecule has 3 heteroatoms. The lowest BCUT2D eigenvalue weighted by Gasteiger charge is -2.01. The second-order valence-electron chi connectivity index (χ2n) is 4.39. The summed E-state index contributed by atoms with van der Waals surface area (Å²) in [5, 5.41) is 0. The number of methoxy groups -OCH3 is 1. The summed E-state index contributed by atoms with van der Waals surface area (Å²) in [4.78, 5) is 14.1. The Labute approximate surface area is 104 Å². The molecule has 96 valence electrons. The molecule has 0 spiro atoms. The average molecular weight is 237 g/mol. The molecule has 17 heavy (non-hydrogen) atoms. The third-order valence-corrected chi connectivity index (χ3v) is 2.97. The fourth-order valence-electron chi connectivity index (χ4n) is 1.92. The summed E-state index contributed by atoms with van der Waals surface area (Å²) in [6.45, 7) is 0. The van der Waals surface area contributed by atoms with Crippen molar-refractivity contribution in [2.45, 2.75) is 51.4 Å². The molecule has 0 aliphatic rings. The summed E-state index contributed by atoms with van der Waals surface area (Å²) in [6.07, 6.45) is 10.8. The van der Waals surface area contributed by atoms with Crippen molar-refractivity contribution in [3.05, 3.63) is 24.0 Å². The van der Waals surface area contributed by atoms with Gasteiger partial charge in [-0.1, -0.05) is 25.7 Å². The second kappa shape index (κ2) is 8.85. The van der Waals surface area contributed by atoms with Crippen LogP contribution in [0.15, 0.2) is 18.3 Å². The van der Waals surface area contributed by atoms with Gasteiger partial charge in [-0.2, -0.15) is 0 Å². The normalized spacial score (nSPS) is 10.4. The van der Waals surface area contributed by atoms with Gasteiger partial charge in [0.2, 0.25) is 0 Å². The van der Waals surface area contributed by atoms with Crippen molar-refractivity contribution in [3.63, 3.8) is 0 Å². The molecule has 0 saturated heterocycles. The van der Waals surface area contributed by atoms with Gasteiger partial charge in [0, 0.05) is 18.3 Å². The maximum absolute atomic E-state index is 10.9. The lowest BCUT2D eigenvalue weighted by molar-refractivity contribution is -0.140. The second-order valence-corrected chi connectivity index (χ2v) is 4.39. The van der Waals surface area contributed by atoms with Gasteiger partial charge in [0.05, 0.1) is 7.11 Å². The molecule has 0 unspecified atom stereocenters. The Morgan fingerprint density at radius 1 is 1.18 bits per heavy atom. The van der Waals surface area contributed by atoms with E-state index in [1.165, 1.54) is 38.5 Å². The predicted molar refractivity (Wildman–Crippen MR) is 68.8 cm³/mol. The number of hydrogen-bond donors (Lipinski definition) is 1. The van der Waals surface area contributed by atoms with Gasteiger partial charge >= 0.3 is 5.97 Å². The number of aromatic nitrogens is 1. The Morgan fingerprint density at radius 3 is 2.53 bits per heavy atom. The highest BCUT2D eigenvalue weighted by atomic mass is 16.5. The van der Waals surface area contributed by atoms with Crippen LogP contribution in [0.3, 0.4) is 0 Å². The molecular formula is C14H23NO2. The lowest BCUT2D eigenvalue weighted by Crippen LogP contribution is -1.99. The Morgan fingerprint density at radius 2 is 1.88 bits per heavy atom. The summed E-state index contributed by atoms with van der Waals surface area (Å²) < 4.78 is 4.59. The zero-order valence-corrected chi connectivity index (χ0v) is 10.7. The highest BCUT2D eigenvalue weighted by Crippen LogP contribution is 2.09. The molecule has 0 radical (unpaired) electrons. The number of carbonyl (C=O) groups is 1. The van der Waals surface area contributed by atoms with E-state index in [4.69, 9.17) is 0 Å². The van der Waals surface area contributed by atoms with E-state index in [0.29, 0.717) is 6.42 Å². The van der Waals surface area contributed by atoms with Gasteiger partial charge in [0.15, 0.2) is 0 Å². The van der Waals surface area contributed by atoms with Crippen LogP contribution >= 0.6 is 0 Å². The average Bonchev–Trinajstić information content (AvgIpc) is 2.85. The van der Waals surface area contributed by atoms with Crippen molar-refractivity contribution in [1.82, 2.24) is 4.98 Å². The largest absolute Gasteiger partial charge is 0.469 e. The predicted octanol–water partition coefficient (Wildman–Crippen LogP) is 3.46. The van der Waals surface area contributed by atoms with Crippen LogP contribution in [0.2, 0.25) is 0 Å². The summed E-state index contributed by atoms with van der Waals surface area (Å²) >= 11 is 0. The van der Waals surface area contributed by atoms with Crippen LogP contribution in [-0.2, 0) is 16.0 Å². The number of aryl methyl sites for hydroxylation is 1. The topological polar surface area (TPSA) is 42.1 Å². The van der Waals surface area contributed by atoms with E-state index in [-0.39, 0.29) is 5.97 Å². The highest BCUT2D eigenvalue weighted by molar-refractivity contribution is 5.68. The Kier molecular flexibility index (Phi) is 7.19. The molecule has 0 aromatic carbocycles. The number of hydrogen-bond acceptors (Lipinski definition) is 2. The van der Waals surface area contributed by atoms with Gasteiger partial charge < -0.3 is 9.72 Å². The van der Waals surface area contributed by atoms with Gasteiger partial charge in [-0.15, -0.1) is 0 Å². The van der Waals surface area contributed by atoms with Crippen LogP contribution < -0.4 is 0 Å². The van der Waals surface area contributed by atoms with Gasteiger partial charge in [0.1, 0.15) is 0 Å². The first kappa shape index (κ1) is 13.8. The number of esters is 1. The molecule has 0 amide bonds. The number of nitrogens with one attached hydrogen (secondary N) is 1. The minimum Gasteiger partial charge on any atom is -0.469 e. The maximum atomic E-state index is 10.9. The van der Waals surface area contributed by atoms with Gasteiger partial charge in [-0.3, -0.25) is 4.79 Å². The molecule has 1 aromatic heterocycles. The summed E-state index contributed by atoms with van der Waals surface area (Å²) in [5.41, 5.74) is 1.33. The van der Waals surface area contributed by atoms with Crippen LogP contribution in [-0.4, -0.2) is 18.1 Å². The fraction of sp³-hybridized carbons (Fsp3) is 0.643. The Balaban J connectivity index is 1.83. The van der Waals surface area contributed by atoms with E-state index in [1.54, 1.807) is 0 Å². The van der Waals surface area contributed by atoms with Gasteiger partial charge in [-0.25, -0.2) is 0 Å². The molecule has 0 aliphatic carbocycles. The number of rotatable bonds is 9. The van der Waals surface area contributed by atoms with Crippen LogP contribution in [0, 0.1) is 0 Å². The molecule has 3 nitrogen and oxygen atoms in total. The van der Waals surface area contributed by atoms with E-state index in [9.17, 15) is 4.79 Å². The van der Waals surface area contributed by atoms with Crippen molar-refractivity contribution < 1.29 is 9.53 Å². The van der Waals surface area contributed by atoms with E-state index in [1.807, 2.05) is 12.3 Å². The number of aromatic amines is 1. The lowest BCUT2D eigenvalue weighted by atomic mass is 10.1. The Bertz CT molecular complexity index is 293. The molecule has 0 bridgehead atoms. The molecule has 1 N–H and O–H groups in total. The smallest absolute Gasteiger partial charge is 0.305 e. The minimum atomic E-state index is -0.0863. The van der Waals surface area contributed by atoms with Crippen LogP contribution in [0.5, 0.6) is 0 Å². The number of H-pyrrole nitrogens is 1. The van der Waals surface area contributed by atoms with E-state index in [0.717, 1.165) is 19.3 Å².